The van der Waals surface area contributed by atoms with E-state index in [1.165, 1.54) is 0 Å². The maximum Gasteiger partial charge on any atom is 0.222 e. The molecule has 8 heteroatoms. The molecule has 142 valence electrons. The van der Waals surface area contributed by atoms with Gasteiger partial charge in [-0.1, -0.05) is 6.92 Å². The van der Waals surface area contributed by atoms with Gasteiger partial charge < -0.3 is 14.4 Å². The first kappa shape index (κ1) is 18.1. The molecule has 2 N–H and O–H groups in total. The Labute approximate surface area is 159 Å². The first-order valence-electron chi connectivity index (χ1n) is 9.17. The second-order valence-corrected chi connectivity index (χ2v) is 7.88. The van der Waals surface area contributed by atoms with Crippen molar-refractivity contribution in [2.45, 2.75) is 38.1 Å². The molecule has 0 aromatic carbocycles. The minimum Gasteiger partial charge on any atom is -0.360 e. The average Bonchev–Trinajstić information content (AvgIpc) is 3.15. The summed E-state index contributed by atoms with van der Waals surface area (Å²) in [5.74, 6) is 0.0796. The Morgan fingerprint density at radius 1 is 1.41 bits per heavy atom. The first-order valence-corrected chi connectivity index (χ1v) is 10.5. The van der Waals surface area contributed by atoms with Crippen LogP contribution >= 0.6 is 0 Å². The maximum atomic E-state index is 12.5. The van der Waals surface area contributed by atoms with E-state index in [1.54, 1.807) is 17.3 Å². The smallest absolute Gasteiger partial charge is 0.222 e. The van der Waals surface area contributed by atoms with Gasteiger partial charge in [-0.25, -0.2) is 14.2 Å². The van der Waals surface area contributed by atoms with E-state index in [-0.39, 0.29) is 23.6 Å². The lowest BCUT2D eigenvalue weighted by atomic mass is 9.82. The number of H-pyrrole nitrogens is 1. The molecule has 0 bridgehead atoms. The summed E-state index contributed by atoms with van der Waals surface area (Å²) >= 11 is -1.98. The predicted octanol–water partition coefficient (Wildman–Crippen LogP) is 2.82. The van der Waals surface area contributed by atoms with Gasteiger partial charge >= 0.3 is 0 Å². The molecule has 4 rings (SSSR count). The lowest BCUT2D eigenvalue weighted by molar-refractivity contribution is -0.134. The number of nitrogens with zero attached hydrogens (tertiary/aromatic N) is 3. The zero-order valence-electron chi connectivity index (χ0n) is 15.1. The quantitative estimate of drug-likeness (QED) is 0.672. The number of likely N-dealkylation sites (tertiary alicyclic amines) is 1. The number of rotatable bonds is 4. The van der Waals surface area contributed by atoms with Gasteiger partial charge in [-0.05, 0) is 30.5 Å². The summed E-state index contributed by atoms with van der Waals surface area (Å²) in [5.41, 5.74) is 2.66. The second kappa shape index (κ2) is 7.36. The summed E-state index contributed by atoms with van der Waals surface area (Å²) < 4.78 is 21.3. The minimum absolute atomic E-state index is 0.0112. The first-order chi connectivity index (χ1) is 13.1. The third-order valence-corrected chi connectivity index (χ3v) is 6.07. The molecule has 0 radical (unpaired) electrons. The Bertz CT molecular complexity index is 1020. The molecule has 3 atom stereocenters. The van der Waals surface area contributed by atoms with Crippen LogP contribution in [0.2, 0.25) is 0 Å². The molecule has 1 aliphatic rings. The number of hydrogen-bond acceptors (Lipinski definition) is 4. The number of hydrogen-bond donors (Lipinski definition) is 2. The topological polar surface area (TPSA) is 99.2 Å². The van der Waals surface area contributed by atoms with Crippen molar-refractivity contribution >= 4 is 38.9 Å². The number of fused-ring (bicyclic) bond motifs is 3. The summed E-state index contributed by atoms with van der Waals surface area (Å²) in [7, 11) is 0. The van der Waals surface area contributed by atoms with Gasteiger partial charge in [0.1, 0.15) is 0 Å². The summed E-state index contributed by atoms with van der Waals surface area (Å²) in [6.07, 6.45) is 7.51. The summed E-state index contributed by atoms with van der Waals surface area (Å²) in [6.45, 7) is 2.47. The zero-order valence-corrected chi connectivity index (χ0v) is 15.9. The fraction of sp³-hybridized carbons (Fsp3) is 0.421. The Hall–Kier alpha value is -2.32. The molecule has 0 spiro atoms. The molecule has 3 aromatic rings. The lowest BCUT2D eigenvalue weighted by Gasteiger charge is -2.41. The van der Waals surface area contributed by atoms with Crippen molar-refractivity contribution < 1.29 is 13.6 Å². The monoisotopic (exact) mass is 386 g/mol. The highest BCUT2D eigenvalue weighted by Gasteiger charge is 2.36. The average molecular weight is 386 g/mol. The molecular formula is C19H22N4O3S. The van der Waals surface area contributed by atoms with E-state index in [0.29, 0.717) is 18.6 Å². The van der Waals surface area contributed by atoms with Crippen molar-refractivity contribution in [1.82, 2.24) is 19.9 Å². The molecule has 0 saturated carbocycles. The van der Waals surface area contributed by atoms with E-state index in [4.69, 9.17) is 0 Å². The standard InChI is InChI=1S/C19H22N4O3S/c1-2-17(24)23-9-3-4-12(16(23)11-27(25)26)13-5-7-20-15-10-22-19-14(18(13)15)6-8-21-19/h5-8,10,12,16,20H,2-4,9,11H2,1H3,(H,25,26). The van der Waals surface area contributed by atoms with Crippen LogP contribution in [0.5, 0.6) is 0 Å². The van der Waals surface area contributed by atoms with Gasteiger partial charge in [0.15, 0.2) is 16.7 Å². The Morgan fingerprint density at radius 3 is 3.04 bits per heavy atom. The molecular weight excluding hydrogens is 364 g/mol. The van der Waals surface area contributed by atoms with Crippen molar-refractivity contribution in [1.29, 1.82) is 0 Å². The van der Waals surface area contributed by atoms with E-state index < -0.39 is 11.1 Å². The molecule has 1 aliphatic heterocycles. The number of aromatic nitrogens is 3. The van der Waals surface area contributed by atoms with Gasteiger partial charge in [-0.3, -0.25) is 4.79 Å². The SMILES string of the molecule is CCC(=O)N1CCCC(c2cc[nH]c3cnc4nccc4c23)C1CS(=O)O. The van der Waals surface area contributed by atoms with Crippen molar-refractivity contribution in [3.05, 3.63) is 36.3 Å². The zero-order chi connectivity index (χ0) is 19.0. The van der Waals surface area contributed by atoms with Gasteiger partial charge in [0.2, 0.25) is 5.91 Å². The van der Waals surface area contributed by atoms with Gasteiger partial charge in [0, 0.05) is 42.0 Å². The molecule has 1 saturated heterocycles. The van der Waals surface area contributed by atoms with Crippen molar-refractivity contribution in [2.24, 2.45) is 0 Å². The Balaban J connectivity index is 1.88. The number of amides is 1. The van der Waals surface area contributed by atoms with E-state index in [0.717, 1.165) is 34.7 Å². The highest BCUT2D eigenvalue weighted by Crippen LogP contribution is 2.38. The number of aromatic amines is 1. The van der Waals surface area contributed by atoms with E-state index >= 15 is 0 Å². The Morgan fingerprint density at radius 2 is 2.26 bits per heavy atom. The minimum atomic E-state index is -1.98. The molecule has 7 nitrogen and oxygen atoms in total. The van der Waals surface area contributed by atoms with E-state index in [1.807, 2.05) is 25.3 Å². The third kappa shape index (κ3) is 3.23. The van der Waals surface area contributed by atoms with Gasteiger partial charge in [-0.2, -0.15) is 0 Å². The van der Waals surface area contributed by atoms with Crippen LogP contribution in [0.4, 0.5) is 0 Å². The molecule has 4 heterocycles. The molecule has 1 amide bonds. The van der Waals surface area contributed by atoms with Crippen molar-refractivity contribution in [3.8, 4) is 0 Å². The second-order valence-electron chi connectivity index (χ2n) is 6.91. The fourth-order valence-corrected chi connectivity index (χ4v) is 4.98. The summed E-state index contributed by atoms with van der Waals surface area (Å²) in [4.78, 5) is 26.2. The number of nitrogens with one attached hydrogen (secondary N) is 1. The Kier molecular flexibility index (Phi) is 4.92. The highest BCUT2D eigenvalue weighted by atomic mass is 32.2. The van der Waals surface area contributed by atoms with Gasteiger partial charge in [-0.15, -0.1) is 0 Å². The fourth-order valence-electron chi connectivity index (χ4n) is 4.28. The number of carbonyl (C=O) groups excluding carboxylic acids is 1. The highest BCUT2D eigenvalue weighted by molar-refractivity contribution is 7.79. The van der Waals surface area contributed by atoms with E-state index in [9.17, 15) is 13.6 Å². The van der Waals surface area contributed by atoms with Crippen LogP contribution in [0.3, 0.4) is 0 Å². The molecule has 0 aliphatic carbocycles. The van der Waals surface area contributed by atoms with Crippen molar-refractivity contribution in [3.63, 3.8) is 0 Å². The third-order valence-electron chi connectivity index (χ3n) is 5.44. The normalized spacial score (nSPS) is 21.6. The largest absolute Gasteiger partial charge is 0.360 e. The van der Waals surface area contributed by atoms with E-state index in [2.05, 4.69) is 15.0 Å². The number of piperidine rings is 1. The van der Waals surface area contributed by atoms with Crippen LogP contribution in [0.1, 0.15) is 37.7 Å². The molecule has 27 heavy (non-hydrogen) atoms. The van der Waals surface area contributed by atoms with Crippen LogP contribution in [0, 0.1) is 0 Å². The molecule has 3 unspecified atom stereocenters. The summed E-state index contributed by atoms with van der Waals surface area (Å²) in [5, 5.41) is 1.99. The van der Waals surface area contributed by atoms with Crippen LogP contribution < -0.4 is 0 Å². The number of pyridine rings is 2. The van der Waals surface area contributed by atoms with Crippen LogP contribution in [0.15, 0.2) is 30.7 Å². The number of carbonyl (C=O) groups is 1. The van der Waals surface area contributed by atoms with Gasteiger partial charge in [0.05, 0.1) is 23.5 Å². The molecule has 3 aromatic heterocycles. The van der Waals surface area contributed by atoms with Gasteiger partial charge in [0.25, 0.3) is 0 Å². The maximum absolute atomic E-state index is 12.5. The molecule has 1 fully saturated rings. The predicted molar refractivity (Wildman–Crippen MR) is 105 cm³/mol. The summed E-state index contributed by atoms with van der Waals surface area (Å²) in [6, 6.07) is 3.67. The van der Waals surface area contributed by atoms with Crippen LogP contribution in [-0.4, -0.2) is 52.9 Å². The van der Waals surface area contributed by atoms with Crippen LogP contribution in [0.25, 0.3) is 21.9 Å². The van der Waals surface area contributed by atoms with Crippen LogP contribution in [-0.2, 0) is 15.9 Å². The van der Waals surface area contributed by atoms with Crippen molar-refractivity contribution in [2.75, 3.05) is 12.3 Å². The lowest BCUT2D eigenvalue weighted by Crippen LogP contribution is -2.50.